The third-order valence-electron chi connectivity index (χ3n) is 5.72. The van der Waals surface area contributed by atoms with Crippen LogP contribution in [0.25, 0.3) is 10.9 Å². The summed E-state index contributed by atoms with van der Waals surface area (Å²) in [7, 11) is 0. The van der Waals surface area contributed by atoms with Gasteiger partial charge in [0.25, 0.3) is 0 Å². The molecule has 0 radical (unpaired) electrons. The van der Waals surface area contributed by atoms with E-state index in [0.717, 1.165) is 27.7 Å². The van der Waals surface area contributed by atoms with Gasteiger partial charge in [0.15, 0.2) is 0 Å². The van der Waals surface area contributed by atoms with Crippen molar-refractivity contribution in [3.63, 3.8) is 0 Å². The number of pyridine rings is 1. The van der Waals surface area contributed by atoms with E-state index in [1.807, 2.05) is 39.1 Å². The maximum absolute atomic E-state index is 13.9. The molecule has 0 fully saturated rings. The molecule has 0 spiro atoms. The number of halogens is 1. The lowest BCUT2D eigenvalue weighted by Gasteiger charge is -2.40. The molecule has 2 N–H and O–H groups in total. The number of rotatable bonds is 6. The molecular weight excluding hydrogens is 339 g/mol. The van der Waals surface area contributed by atoms with Gasteiger partial charge in [-0.15, -0.1) is 0 Å². The van der Waals surface area contributed by atoms with Gasteiger partial charge in [0.2, 0.25) is 0 Å². The first-order chi connectivity index (χ1) is 12.6. The summed E-state index contributed by atoms with van der Waals surface area (Å²) in [5, 5.41) is 12.6. The van der Waals surface area contributed by atoms with Crippen molar-refractivity contribution in [2.75, 3.05) is 0 Å². The lowest BCUT2D eigenvalue weighted by Crippen LogP contribution is -2.43. The molecule has 0 aliphatic heterocycles. The van der Waals surface area contributed by atoms with Crippen molar-refractivity contribution in [1.29, 1.82) is 0 Å². The van der Waals surface area contributed by atoms with E-state index in [0.29, 0.717) is 12.8 Å². The van der Waals surface area contributed by atoms with Crippen LogP contribution in [0.2, 0.25) is 0 Å². The molecule has 1 atom stereocenters. The van der Waals surface area contributed by atoms with Gasteiger partial charge in [-0.1, -0.05) is 33.8 Å². The summed E-state index contributed by atoms with van der Waals surface area (Å²) in [5.74, 6) is -0.185. The van der Waals surface area contributed by atoms with E-state index < -0.39 is 5.60 Å². The molecule has 0 bridgehead atoms. The van der Waals surface area contributed by atoms with Crippen LogP contribution in [0.3, 0.4) is 0 Å². The second kappa shape index (κ2) is 7.08. The summed E-state index contributed by atoms with van der Waals surface area (Å²) in [6.07, 6.45) is 4.63. The Kier molecular flexibility index (Phi) is 5.13. The van der Waals surface area contributed by atoms with E-state index in [4.69, 9.17) is 0 Å². The zero-order chi connectivity index (χ0) is 19.8. The van der Waals surface area contributed by atoms with Crippen molar-refractivity contribution in [2.45, 2.75) is 58.5 Å². The molecule has 0 aliphatic carbocycles. The molecule has 4 heteroatoms. The summed E-state index contributed by atoms with van der Waals surface area (Å²) in [6, 6.07) is 8.89. The Bertz CT molecular complexity index is 911. The topological polar surface area (TPSA) is 48.9 Å². The quantitative estimate of drug-likeness (QED) is 0.619. The lowest BCUT2D eigenvalue weighted by molar-refractivity contribution is -0.0292. The average Bonchev–Trinajstić information content (AvgIpc) is 2.98. The van der Waals surface area contributed by atoms with E-state index >= 15 is 0 Å². The Hall–Kier alpha value is -2.20. The molecule has 0 saturated heterocycles. The number of aliphatic hydroxyl groups is 1. The summed E-state index contributed by atoms with van der Waals surface area (Å²) >= 11 is 0. The predicted octanol–water partition coefficient (Wildman–Crippen LogP) is 5.31. The number of nitrogens with zero attached hydrogens (tertiary/aromatic N) is 1. The molecule has 0 amide bonds. The second-order valence-corrected chi connectivity index (χ2v) is 8.71. The third kappa shape index (κ3) is 4.06. The number of nitrogens with one attached hydrogen (secondary N) is 1. The van der Waals surface area contributed by atoms with Gasteiger partial charge in [-0.25, -0.2) is 4.39 Å². The van der Waals surface area contributed by atoms with E-state index in [-0.39, 0.29) is 17.2 Å². The van der Waals surface area contributed by atoms with Crippen LogP contribution in [0.15, 0.2) is 42.7 Å². The van der Waals surface area contributed by atoms with Crippen LogP contribution < -0.4 is 0 Å². The molecule has 0 aliphatic rings. The largest absolute Gasteiger partial charge is 0.389 e. The van der Waals surface area contributed by atoms with Crippen molar-refractivity contribution in [3.05, 3.63) is 65.4 Å². The summed E-state index contributed by atoms with van der Waals surface area (Å²) < 4.78 is 13.9. The minimum absolute atomic E-state index is 0.0511. The van der Waals surface area contributed by atoms with Crippen molar-refractivity contribution in [1.82, 2.24) is 9.97 Å². The van der Waals surface area contributed by atoms with Gasteiger partial charge in [0.05, 0.1) is 5.60 Å². The number of aromatic nitrogens is 2. The Balaban J connectivity index is 1.92. The molecule has 3 rings (SSSR count). The molecular formula is C23H29FN2O. The van der Waals surface area contributed by atoms with Gasteiger partial charge in [-0.05, 0) is 60.1 Å². The fraction of sp³-hybridized carbons (Fsp3) is 0.435. The molecule has 1 aromatic carbocycles. The van der Waals surface area contributed by atoms with Gasteiger partial charge >= 0.3 is 0 Å². The SMILES string of the molecule is Cc1ccc(F)cc1C(C)(C)CC(O)(Cc1cc2cnccc2[nH]1)C(C)C. The highest BCUT2D eigenvalue weighted by Gasteiger charge is 2.39. The van der Waals surface area contributed by atoms with Crippen molar-refractivity contribution in [2.24, 2.45) is 5.92 Å². The van der Waals surface area contributed by atoms with Gasteiger partial charge in [-0.3, -0.25) is 4.98 Å². The molecule has 3 nitrogen and oxygen atoms in total. The zero-order valence-corrected chi connectivity index (χ0v) is 16.8. The average molecular weight is 368 g/mol. The minimum Gasteiger partial charge on any atom is -0.389 e. The van der Waals surface area contributed by atoms with Gasteiger partial charge in [0.1, 0.15) is 5.82 Å². The Morgan fingerprint density at radius 1 is 1.19 bits per heavy atom. The van der Waals surface area contributed by atoms with Crippen LogP contribution in [0, 0.1) is 18.7 Å². The Morgan fingerprint density at radius 3 is 2.59 bits per heavy atom. The van der Waals surface area contributed by atoms with E-state index in [9.17, 15) is 9.50 Å². The van der Waals surface area contributed by atoms with Crippen LogP contribution >= 0.6 is 0 Å². The minimum atomic E-state index is -0.920. The first kappa shape index (κ1) is 19.6. The van der Waals surface area contributed by atoms with Gasteiger partial charge in [0, 0.05) is 35.4 Å². The lowest BCUT2D eigenvalue weighted by atomic mass is 9.69. The van der Waals surface area contributed by atoms with Crippen molar-refractivity contribution >= 4 is 10.9 Å². The number of hydrogen-bond donors (Lipinski definition) is 2. The second-order valence-electron chi connectivity index (χ2n) is 8.71. The highest BCUT2D eigenvalue weighted by atomic mass is 19.1. The fourth-order valence-corrected chi connectivity index (χ4v) is 4.11. The van der Waals surface area contributed by atoms with Crippen LogP contribution in [-0.2, 0) is 11.8 Å². The molecule has 1 unspecified atom stereocenters. The first-order valence-corrected chi connectivity index (χ1v) is 9.51. The monoisotopic (exact) mass is 368 g/mol. The van der Waals surface area contributed by atoms with Gasteiger partial charge < -0.3 is 10.1 Å². The molecule has 2 heterocycles. The summed E-state index contributed by atoms with van der Waals surface area (Å²) in [6.45, 7) is 10.2. The number of aromatic amines is 1. The predicted molar refractivity (Wildman–Crippen MR) is 108 cm³/mol. The number of aryl methyl sites for hydroxylation is 1. The Labute approximate surface area is 160 Å². The molecule has 0 saturated carbocycles. The molecule has 27 heavy (non-hydrogen) atoms. The number of fused-ring (bicyclic) bond motifs is 1. The number of H-pyrrole nitrogens is 1. The number of benzene rings is 1. The molecule has 2 aromatic heterocycles. The van der Waals surface area contributed by atoms with E-state index in [2.05, 4.69) is 29.9 Å². The third-order valence-corrected chi connectivity index (χ3v) is 5.72. The maximum atomic E-state index is 13.9. The maximum Gasteiger partial charge on any atom is 0.123 e. The molecule has 144 valence electrons. The van der Waals surface area contributed by atoms with Crippen molar-refractivity contribution < 1.29 is 9.50 Å². The number of hydrogen-bond acceptors (Lipinski definition) is 2. The molecule has 3 aromatic rings. The zero-order valence-electron chi connectivity index (χ0n) is 16.8. The van der Waals surface area contributed by atoms with Gasteiger partial charge in [-0.2, -0.15) is 0 Å². The van der Waals surface area contributed by atoms with Crippen LogP contribution in [0.4, 0.5) is 4.39 Å². The summed E-state index contributed by atoms with van der Waals surface area (Å²) in [4.78, 5) is 7.55. The van der Waals surface area contributed by atoms with Crippen LogP contribution in [0.1, 0.15) is 50.9 Å². The highest BCUT2D eigenvalue weighted by molar-refractivity contribution is 5.79. The normalized spacial score (nSPS) is 14.7. The van der Waals surface area contributed by atoms with Crippen LogP contribution in [0.5, 0.6) is 0 Å². The Morgan fingerprint density at radius 2 is 1.93 bits per heavy atom. The van der Waals surface area contributed by atoms with E-state index in [1.54, 1.807) is 12.3 Å². The van der Waals surface area contributed by atoms with Crippen LogP contribution in [-0.4, -0.2) is 20.7 Å². The highest BCUT2D eigenvalue weighted by Crippen LogP contribution is 2.39. The fourth-order valence-electron chi connectivity index (χ4n) is 4.11. The first-order valence-electron chi connectivity index (χ1n) is 9.51. The van der Waals surface area contributed by atoms with E-state index in [1.165, 1.54) is 6.07 Å². The summed E-state index contributed by atoms with van der Waals surface area (Å²) in [5.41, 5.74) is 2.72. The smallest absolute Gasteiger partial charge is 0.123 e. The van der Waals surface area contributed by atoms with Crippen molar-refractivity contribution in [3.8, 4) is 0 Å². The standard InChI is InChI=1S/C23H29FN2O/c1-15(2)23(27,12-19-10-17-13-25-9-8-21(17)26-19)14-22(4,5)20-11-18(24)7-6-16(20)3/h6-11,13,15,26-27H,12,14H2,1-5H3.